The van der Waals surface area contributed by atoms with Gasteiger partial charge in [-0.25, -0.2) is 8.42 Å². The average Bonchev–Trinajstić information content (AvgIpc) is 2.51. The molecular formula is C14H19NO7S. The van der Waals surface area contributed by atoms with Crippen LogP contribution in [0, 0.1) is 0 Å². The van der Waals surface area contributed by atoms with E-state index in [0.717, 1.165) is 0 Å². The molecule has 23 heavy (non-hydrogen) atoms. The van der Waals surface area contributed by atoms with E-state index in [1.165, 1.54) is 31.4 Å². The Morgan fingerprint density at radius 3 is 2.35 bits per heavy atom. The van der Waals surface area contributed by atoms with Gasteiger partial charge in [-0.05, 0) is 30.7 Å². The fourth-order valence-corrected chi connectivity index (χ4v) is 2.85. The highest BCUT2D eigenvalue weighted by molar-refractivity contribution is 7.89. The first kappa shape index (κ1) is 18.9. The van der Waals surface area contributed by atoms with E-state index in [-0.39, 0.29) is 11.5 Å². The van der Waals surface area contributed by atoms with Crippen LogP contribution >= 0.6 is 0 Å². The third-order valence-electron chi connectivity index (χ3n) is 2.78. The Morgan fingerprint density at radius 1 is 1.26 bits per heavy atom. The molecule has 0 heterocycles. The molecule has 8 nitrogen and oxygen atoms in total. The molecule has 0 aromatic heterocycles. The first-order valence-corrected chi connectivity index (χ1v) is 8.33. The first-order chi connectivity index (χ1) is 10.8. The molecule has 0 amide bonds. The van der Waals surface area contributed by atoms with Gasteiger partial charge in [0.15, 0.2) is 0 Å². The number of ether oxygens (including phenoxy) is 2. The molecular weight excluding hydrogens is 326 g/mol. The molecule has 2 N–H and O–H groups in total. The second-order valence-corrected chi connectivity index (χ2v) is 6.33. The van der Waals surface area contributed by atoms with Gasteiger partial charge in [0.2, 0.25) is 10.0 Å². The molecule has 0 saturated heterocycles. The van der Waals surface area contributed by atoms with E-state index in [1.807, 2.05) is 0 Å². The van der Waals surface area contributed by atoms with Gasteiger partial charge in [0.25, 0.3) is 0 Å². The van der Waals surface area contributed by atoms with E-state index in [9.17, 15) is 18.0 Å². The van der Waals surface area contributed by atoms with E-state index in [0.29, 0.717) is 12.2 Å². The van der Waals surface area contributed by atoms with Crippen molar-refractivity contribution >= 4 is 22.0 Å². The van der Waals surface area contributed by atoms with Gasteiger partial charge in [0.05, 0.1) is 25.0 Å². The number of sulfonamides is 1. The minimum Gasteiger partial charge on any atom is -0.497 e. The number of esters is 1. The third-order valence-corrected chi connectivity index (χ3v) is 4.27. The van der Waals surface area contributed by atoms with Crippen molar-refractivity contribution in [1.82, 2.24) is 4.72 Å². The minimum atomic E-state index is -4.07. The van der Waals surface area contributed by atoms with Gasteiger partial charge in [0.1, 0.15) is 11.8 Å². The minimum absolute atomic E-state index is 0.0826. The maximum absolute atomic E-state index is 12.2. The Kier molecular flexibility index (Phi) is 6.98. The van der Waals surface area contributed by atoms with Crippen LogP contribution in [0.25, 0.3) is 0 Å². The molecule has 0 radical (unpaired) electrons. The second-order valence-electron chi connectivity index (χ2n) is 4.61. The number of nitrogens with one attached hydrogen (secondary N) is 1. The molecule has 0 spiro atoms. The number of carboxylic acid groups (broad SMARTS) is 1. The van der Waals surface area contributed by atoms with Gasteiger partial charge in [-0.1, -0.05) is 6.92 Å². The summed E-state index contributed by atoms with van der Waals surface area (Å²) in [5.41, 5.74) is 0. The van der Waals surface area contributed by atoms with Crippen LogP contribution in [0.4, 0.5) is 0 Å². The Balaban J connectivity index is 2.94. The van der Waals surface area contributed by atoms with E-state index >= 15 is 0 Å². The number of hydrogen-bond donors (Lipinski definition) is 2. The first-order valence-electron chi connectivity index (χ1n) is 6.85. The lowest BCUT2D eigenvalue weighted by atomic mass is 10.2. The van der Waals surface area contributed by atoms with Gasteiger partial charge in [-0.2, -0.15) is 4.72 Å². The van der Waals surface area contributed by atoms with Crippen LogP contribution in [-0.2, 0) is 24.3 Å². The molecule has 128 valence electrons. The lowest BCUT2D eigenvalue weighted by Crippen LogP contribution is -2.43. The fourth-order valence-electron chi connectivity index (χ4n) is 1.66. The quantitative estimate of drug-likeness (QED) is 0.634. The van der Waals surface area contributed by atoms with Gasteiger partial charge >= 0.3 is 11.9 Å². The zero-order chi connectivity index (χ0) is 17.5. The van der Waals surface area contributed by atoms with Crippen LogP contribution in [0.5, 0.6) is 5.75 Å². The number of carboxylic acids is 1. The highest BCUT2D eigenvalue weighted by atomic mass is 32.2. The molecule has 1 aromatic carbocycles. The number of benzene rings is 1. The highest BCUT2D eigenvalue weighted by Crippen LogP contribution is 2.16. The van der Waals surface area contributed by atoms with E-state index < -0.39 is 34.4 Å². The molecule has 0 aliphatic carbocycles. The SMILES string of the molecule is CCCOC(=O)[C@@H](CC(=O)O)NS(=O)(=O)c1ccc(OC)cc1. The third kappa shape index (κ3) is 5.87. The summed E-state index contributed by atoms with van der Waals surface area (Å²) in [6.07, 6.45) is -0.172. The molecule has 0 fully saturated rings. The van der Waals surface area contributed by atoms with Crippen LogP contribution < -0.4 is 9.46 Å². The summed E-state index contributed by atoms with van der Waals surface area (Å²) in [4.78, 5) is 22.5. The summed E-state index contributed by atoms with van der Waals surface area (Å²) in [7, 11) is -2.63. The van der Waals surface area contributed by atoms with E-state index in [2.05, 4.69) is 4.72 Å². The molecule has 0 saturated carbocycles. The Bertz CT molecular complexity index is 640. The van der Waals surface area contributed by atoms with Gasteiger partial charge < -0.3 is 14.6 Å². The van der Waals surface area contributed by atoms with Crippen LogP contribution in [0.1, 0.15) is 19.8 Å². The molecule has 0 bridgehead atoms. The molecule has 1 rings (SSSR count). The number of aliphatic carboxylic acids is 1. The monoisotopic (exact) mass is 345 g/mol. The number of hydrogen-bond acceptors (Lipinski definition) is 6. The standard InChI is InChI=1S/C14H19NO7S/c1-3-8-22-14(18)12(9-13(16)17)15-23(19,20)11-6-4-10(21-2)5-7-11/h4-7,12,15H,3,8-9H2,1-2H3,(H,16,17)/t12-/m1/s1. The Hall–Kier alpha value is -2.13. The summed E-state index contributed by atoms with van der Waals surface area (Å²) < 4.78 is 36.3. The van der Waals surface area contributed by atoms with Crippen molar-refractivity contribution in [2.24, 2.45) is 0 Å². The van der Waals surface area contributed by atoms with Crippen LogP contribution in [0.2, 0.25) is 0 Å². The summed E-state index contributed by atoms with van der Waals surface area (Å²) in [5, 5.41) is 8.83. The summed E-state index contributed by atoms with van der Waals surface area (Å²) in [6, 6.07) is 3.96. The van der Waals surface area contributed by atoms with Gasteiger partial charge in [0, 0.05) is 0 Å². The lowest BCUT2D eigenvalue weighted by molar-refractivity contribution is -0.149. The zero-order valence-electron chi connectivity index (χ0n) is 12.8. The van der Waals surface area contributed by atoms with Crippen LogP contribution in [-0.4, -0.2) is 45.2 Å². The van der Waals surface area contributed by atoms with E-state index in [1.54, 1.807) is 6.92 Å². The topological polar surface area (TPSA) is 119 Å². The summed E-state index contributed by atoms with van der Waals surface area (Å²) >= 11 is 0. The number of carbonyl (C=O) groups is 2. The summed E-state index contributed by atoms with van der Waals surface area (Å²) in [6.45, 7) is 1.85. The van der Waals surface area contributed by atoms with Crippen molar-refractivity contribution in [1.29, 1.82) is 0 Å². The average molecular weight is 345 g/mol. The fraction of sp³-hybridized carbons (Fsp3) is 0.429. The highest BCUT2D eigenvalue weighted by Gasteiger charge is 2.29. The van der Waals surface area contributed by atoms with Crippen LogP contribution in [0.15, 0.2) is 29.2 Å². The molecule has 1 aromatic rings. The lowest BCUT2D eigenvalue weighted by Gasteiger charge is -2.16. The Morgan fingerprint density at radius 2 is 1.87 bits per heavy atom. The normalized spacial score (nSPS) is 12.4. The predicted molar refractivity (Wildman–Crippen MR) is 80.6 cm³/mol. The number of rotatable bonds is 9. The van der Waals surface area contributed by atoms with Crippen molar-refractivity contribution in [2.45, 2.75) is 30.7 Å². The largest absolute Gasteiger partial charge is 0.497 e. The maximum Gasteiger partial charge on any atom is 0.324 e. The maximum atomic E-state index is 12.2. The van der Waals surface area contributed by atoms with Crippen molar-refractivity contribution in [3.63, 3.8) is 0 Å². The van der Waals surface area contributed by atoms with Crippen LogP contribution in [0.3, 0.4) is 0 Å². The van der Waals surface area contributed by atoms with Gasteiger partial charge in [-0.3, -0.25) is 9.59 Å². The molecule has 0 aliphatic rings. The van der Waals surface area contributed by atoms with Gasteiger partial charge in [-0.15, -0.1) is 0 Å². The summed E-state index contributed by atoms with van der Waals surface area (Å²) in [5.74, 6) is -1.78. The van der Waals surface area contributed by atoms with Crippen molar-refractivity contribution in [3.05, 3.63) is 24.3 Å². The number of carbonyl (C=O) groups excluding carboxylic acids is 1. The zero-order valence-corrected chi connectivity index (χ0v) is 13.6. The van der Waals surface area contributed by atoms with Crippen molar-refractivity contribution in [3.8, 4) is 5.75 Å². The predicted octanol–water partition coefficient (Wildman–Crippen LogP) is 0.770. The molecule has 0 unspecified atom stereocenters. The van der Waals surface area contributed by atoms with Crippen molar-refractivity contribution in [2.75, 3.05) is 13.7 Å². The Labute approximate surface area is 134 Å². The number of methoxy groups -OCH3 is 1. The molecule has 1 atom stereocenters. The van der Waals surface area contributed by atoms with Crippen molar-refractivity contribution < 1.29 is 32.6 Å². The van der Waals surface area contributed by atoms with E-state index in [4.69, 9.17) is 14.6 Å². The molecule has 9 heteroatoms. The molecule has 0 aliphatic heterocycles. The second kappa shape index (κ2) is 8.49. The smallest absolute Gasteiger partial charge is 0.324 e.